The minimum Gasteiger partial charge on any atom is -0.460 e. The molecule has 0 saturated heterocycles. The van der Waals surface area contributed by atoms with Gasteiger partial charge in [-0.05, 0) is 17.7 Å². The third-order valence-corrected chi connectivity index (χ3v) is 3.59. The highest BCUT2D eigenvalue weighted by molar-refractivity contribution is 6.30. The second-order valence-corrected chi connectivity index (χ2v) is 6.56. The van der Waals surface area contributed by atoms with Crippen molar-refractivity contribution in [1.82, 2.24) is 0 Å². The number of benzene rings is 2. The Kier molecular flexibility index (Phi) is 5.28. The standard InChI is InChI=1S/C19H21ClO2/c1-19(2,3)18(22-15-12-8-5-9-13-15)16(20)17(21)14-10-6-4-7-11-14/h4-13,17,21H,1-3H3/b18-16+. The van der Waals surface area contributed by atoms with E-state index in [0.29, 0.717) is 16.5 Å². The number of allylic oxidation sites excluding steroid dienone is 1. The van der Waals surface area contributed by atoms with Crippen molar-refractivity contribution in [3.8, 4) is 5.75 Å². The number of hydrogen-bond donors (Lipinski definition) is 1. The second kappa shape index (κ2) is 6.99. The van der Waals surface area contributed by atoms with Crippen LogP contribution in [0.25, 0.3) is 0 Å². The van der Waals surface area contributed by atoms with Crippen molar-refractivity contribution in [3.05, 3.63) is 77.0 Å². The van der Waals surface area contributed by atoms with Crippen molar-refractivity contribution in [2.75, 3.05) is 0 Å². The molecule has 0 aliphatic carbocycles. The molecule has 2 aromatic carbocycles. The van der Waals surface area contributed by atoms with Crippen LogP contribution < -0.4 is 4.74 Å². The largest absolute Gasteiger partial charge is 0.460 e. The molecule has 2 rings (SSSR count). The number of ether oxygens (including phenoxy) is 1. The molecule has 0 saturated carbocycles. The lowest BCUT2D eigenvalue weighted by Crippen LogP contribution is -2.18. The molecule has 116 valence electrons. The SMILES string of the molecule is CC(C)(C)/C(Oc1ccccc1)=C(\Cl)C(O)c1ccccc1. The molecule has 0 heterocycles. The Balaban J connectivity index is 2.39. The summed E-state index contributed by atoms with van der Waals surface area (Å²) < 4.78 is 5.97. The lowest BCUT2D eigenvalue weighted by molar-refractivity contribution is 0.205. The molecule has 0 aliphatic rings. The van der Waals surface area contributed by atoms with E-state index in [9.17, 15) is 5.11 Å². The van der Waals surface area contributed by atoms with Crippen LogP contribution >= 0.6 is 11.6 Å². The highest BCUT2D eigenvalue weighted by Gasteiger charge is 2.27. The maximum absolute atomic E-state index is 10.5. The van der Waals surface area contributed by atoms with E-state index in [1.807, 2.05) is 81.4 Å². The van der Waals surface area contributed by atoms with Gasteiger partial charge in [0.05, 0.1) is 5.03 Å². The van der Waals surface area contributed by atoms with Crippen molar-refractivity contribution >= 4 is 11.6 Å². The van der Waals surface area contributed by atoms with Crippen molar-refractivity contribution in [2.45, 2.75) is 26.9 Å². The van der Waals surface area contributed by atoms with E-state index < -0.39 is 6.10 Å². The fraction of sp³-hybridized carbons (Fsp3) is 0.263. The van der Waals surface area contributed by atoms with Gasteiger partial charge in [0.1, 0.15) is 17.6 Å². The lowest BCUT2D eigenvalue weighted by atomic mass is 9.91. The Morgan fingerprint density at radius 2 is 1.45 bits per heavy atom. The van der Waals surface area contributed by atoms with E-state index in [0.717, 1.165) is 5.56 Å². The summed E-state index contributed by atoms with van der Waals surface area (Å²) in [6, 6.07) is 18.8. The third-order valence-electron chi connectivity index (χ3n) is 3.22. The van der Waals surface area contributed by atoms with E-state index in [-0.39, 0.29) is 5.41 Å². The van der Waals surface area contributed by atoms with Gasteiger partial charge < -0.3 is 9.84 Å². The quantitative estimate of drug-likeness (QED) is 0.776. The van der Waals surface area contributed by atoms with Crippen LogP contribution in [0.2, 0.25) is 0 Å². The molecule has 1 atom stereocenters. The summed E-state index contributed by atoms with van der Waals surface area (Å²) in [5.74, 6) is 1.27. The van der Waals surface area contributed by atoms with E-state index in [1.165, 1.54) is 0 Å². The summed E-state index contributed by atoms with van der Waals surface area (Å²) in [6.07, 6.45) is -0.902. The smallest absolute Gasteiger partial charge is 0.127 e. The normalized spacial score (nSPS) is 14.2. The van der Waals surface area contributed by atoms with Gasteiger partial charge in [-0.3, -0.25) is 0 Å². The first-order valence-corrected chi connectivity index (χ1v) is 7.63. The zero-order valence-electron chi connectivity index (χ0n) is 13.1. The fourth-order valence-corrected chi connectivity index (χ4v) is 2.52. The molecular formula is C19H21ClO2. The molecule has 0 fully saturated rings. The summed E-state index contributed by atoms with van der Waals surface area (Å²) in [5.41, 5.74) is 0.411. The molecule has 1 unspecified atom stereocenters. The zero-order chi connectivity index (χ0) is 16.2. The Morgan fingerprint density at radius 3 is 1.95 bits per heavy atom. The van der Waals surface area contributed by atoms with Gasteiger partial charge in [0, 0.05) is 5.41 Å². The minimum absolute atomic E-state index is 0.308. The molecule has 0 aromatic heterocycles. The predicted octanol–water partition coefficient (Wildman–Crippen LogP) is 5.30. The molecule has 0 bridgehead atoms. The van der Waals surface area contributed by atoms with Gasteiger partial charge in [0.15, 0.2) is 0 Å². The molecular weight excluding hydrogens is 296 g/mol. The maximum atomic E-state index is 10.5. The average Bonchev–Trinajstić information content (AvgIpc) is 2.52. The van der Waals surface area contributed by atoms with Gasteiger partial charge in [-0.2, -0.15) is 0 Å². The lowest BCUT2D eigenvalue weighted by Gasteiger charge is -2.26. The summed E-state index contributed by atoms with van der Waals surface area (Å²) in [6.45, 7) is 6.02. The second-order valence-electron chi connectivity index (χ2n) is 6.16. The van der Waals surface area contributed by atoms with Crippen LogP contribution in [0.15, 0.2) is 71.5 Å². The van der Waals surface area contributed by atoms with Gasteiger partial charge in [-0.1, -0.05) is 80.9 Å². The van der Waals surface area contributed by atoms with E-state index in [4.69, 9.17) is 16.3 Å². The minimum atomic E-state index is -0.902. The van der Waals surface area contributed by atoms with Crippen LogP contribution in [0, 0.1) is 5.41 Å². The number of aliphatic hydroxyl groups excluding tert-OH is 1. The van der Waals surface area contributed by atoms with E-state index >= 15 is 0 Å². The van der Waals surface area contributed by atoms with Gasteiger partial charge >= 0.3 is 0 Å². The van der Waals surface area contributed by atoms with Crippen molar-refractivity contribution in [1.29, 1.82) is 0 Å². The summed E-state index contributed by atoms with van der Waals surface area (Å²) in [4.78, 5) is 0. The first-order chi connectivity index (χ1) is 10.4. The molecule has 0 aliphatic heterocycles. The molecule has 2 aromatic rings. The summed E-state index contributed by atoms with van der Waals surface area (Å²) in [5, 5.41) is 10.8. The monoisotopic (exact) mass is 316 g/mol. The van der Waals surface area contributed by atoms with Crippen LogP contribution in [0.1, 0.15) is 32.4 Å². The van der Waals surface area contributed by atoms with Gasteiger partial charge in [0.2, 0.25) is 0 Å². The average molecular weight is 317 g/mol. The van der Waals surface area contributed by atoms with Crippen molar-refractivity contribution < 1.29 is 9.84 Å². The molecule has 0 amide bonds. The predicted molar refractivity (Wildman–Crippen MR) is 90.8 cm³/mol. The fourth-order valence-electron chi connectivity index (χ4n) is 2.07. The summed E-state index contributed by atoms with van der Waals surface area (Å²) >= 11 is 6.47. The number of aliphatic hydroxyl groups is 1. The highest BCUT2D eigenvalue weighted by Crippen LogP contribution is 2.37. The topological polar surface area (TPSA) is 29.5 Å². The molecule has 0 radical (unpaired) electrons. The molecule has 1 N–H and O–H groups in total. The van der Waals surface area contributed by atoms with Gasteiger partial charge in [-0.15, -0.1) is 0 Å². The van der Waals surface area contributed by atoms with Crippen LogP contribution in [0.5, 0.6) is 5.75 Å². The third kappa shape index (κ3) is 4.12. The van der Waals surface area contributed by atoms with E-state index in [1.54, 1.807) is 0 Å². The first-order valence-electron chi connectivity index (χ1n) is 7.25. The van der Waals surface area contributed by atoms with Gasteiger partial charge in [-0.25, -0.2) is 0 Å². The van der Waals surface area contributed by atoms with Gasteiger partial charge in [0.25, 0.3) is 0 Å². The first kappa shape index (κ1) is 16.6. The Labute approximate surface area is 137 Å². The molecule has 22 heavy (non-hydrogen) atoms. The Morgan fingerprint density at radius 1 is 0.955 bits per heavy atom. The number of rotatable bonds is 4. The molecule has 2 nitrogen and oxygen atoms in total. The maximum Gasteiger partial charge on any atom is 0.127 e. The van der Waals surface area contributed by atoms with Crippen LogP contribution in [0.3, 0.4) is 0 Å². The number of halogens is 1. The number of hydrogen-bond acceptors (Lipinski definition) is 2. The van der Waals surface area contributed by atoms with E-state index in [2.05, 4.69) is 0 Å². The highest BCUT2D eigenvalue weighted by atomic mass is 35.5. The van der Waals surface area contributed by atoms with Crippen LogP contribution in [0.4, 0.5) is 0 Å². The summed E-state index contributed by atoms with van der Waals surface area (Å²) in [7, 11) is 0. The molecule has 3 heteroatoms. The Hall–Kier alpha value is -1.77. The number of para-hydroxylation sites is 1. The van der Waals surface area contributed by atoms with Crippen LogP contribution in [-0.4, -0.2) is 5.11 Å². The Bertz CT molecular complexity index is 627. The van der Waals surface area contributed by atoms with Crippen LogP contribution in [-0.2, 0) is 0 Å². The molecule has 0 spiro atoms. The van der Waals surface area contributed by atoms with Crippen molar-refractivity contribution in [2.24, 2.45) is 5.41 Å². The zero-order valence-corrected chi connectivity index (χ0v) is 13.8. The van der Waals surface area contributed by atoms with Crippen molar-refractivity contribution in [3.63, 3.8) is 0 Å².